The monoisotopic (exact) mass is 409 g/mol. The summed E-state index contributed by atoms with van der Waals surface area (Å²) in [6, 6.07) is 6.49. The summed E-state index contributed by atoms with van der Waals surface area (Å²) in [7, 11) is -3.61. The molecule has 1 N–H and O–H groups in total. The van der Waals surface area contributed by atoms with Crippen molar-refractivity contribution >= 4 is 27.7 Å². The molecule has 1 aromatic carbocycles. The van der Waals surface area contributed by atoms with Crippen LogP contribution in [0.25, 0.3) is 0 Å². The second kappa shape index (κ2) is 8.72. The first-order valence-electron chi connectivity index (χ1n) is 9.23. The molecule has 0 aliphatic carbocycles. The summed E-state index contributed by atoms with van der Waals surface area (Å²) in [6.07, 6.45) is -0.954. The number of amidine groups is 1. The Bertz CT molecular complexity index is 869. The number of hydrogen-bond donors (Lipinski definition) is 1. The standard InChI is InChI=1S/C19H27N3O5S/c1-12(2)22(13(3)4)19(24)14(5)27-17(23)10-11-20-18-15-8-6-7-9-16(15)28(25,26)21-18/h6-9,12-14H,10-11H2,1-5H3,(H,20,21)/t14-/m1/s1. The van der Waals surface area contributed by atoms with Gasteiger partial charge in [-0.2, -0.15) is 0 Å². The Kier molecular flexibility index (Phi) is 6.82. The van der Waals surface area contributed by atoms with Gasteiger partial charge in [0.1, 0.15) is 5.84 Å². The van der Waals surface area contributed by atoms with Gasteiger partial charge in [0.2, 0.25) is 0 Å². The summed E-state index contributed by atoms with van der Waals surface area (Å²) < 4.78 is 31.7. The summed E-state index contributed by atoms with van der Waals surface area (Å²) in [5.41, 5.74) is 0.476. The molecule has 1 aromatic rings. The van der Waals surface area contributed by atoms with E-state index in [0.717, 1.165) is 0 Å². The van der Waals surface area contributed by atoms with Gasteiger partial charge >= 0.3 is 5.97 Å². The molecule has 28 heavy (non-hydrogen) atoms. The number of sulfonamides is 1. The Morgan fingerprint density at radius 2 is 1.71 bits per heavy atom. The minimum atomic E-state index is -3.61. The van der Waals surface area contributed by atoms with Gasteiger partial charge in [-0.05, 0) is 46.8 Å². The van der Waals surface area contributed by atoms with Crippen LogP contribution in [0, 0.1) is 0 Å². The molecule has 1 atom stereocenters. The number of fused-ring (bicyclic) bond motifs is 1. The maximum Gasteiger partial charge on any atom is 0.308 e. The van der Waals surface area contributed by atoms with Crippen molar-refractivity contribution in [2.75, 3.05) is 6.54 Å². The maximum absolute atomic E-state index is 12.5. The molecule has 0 unspecified atom stereocenters. The number of nitrogens with zero attached hydrogens (tertiary/aromatic N) is 2. The van der Waals surface area contributed by atoms with Gasteiger partial charge in [-0.15, -0.1) is 0 Å². The third-order valence-electron chi connectivity index (χ3n) is 4.27. The lowest BCUT2D eigenvalue weighted by Crippen LogP contribution is -2.47. The van der Waals surface area contributed by atoms with Crippen LogP contribution in [0.4, 0.5) is 0 Å². The number of rotatable bonds is 7. The highest BCUT2D eigenvalue weighted by Gasteiger charge is 2.30. The molecule has 0 spiro atoms. The molecule has 9 heteroatoms. The van der Waals surface area contributed by atoms with Crippen LogP contribution in [-0.4, -0.2) is 55.8 Å². The maximum atomic E-state index is 12.5. The Labute approximate surface area is 166 Å². The Morgan fingerprint density at radius 1 is 1.11 bits per heavy atom. The van der Waals surface area contributed by atoms with Crippen LogP contribution in [0.2, 0.25) is 0 Å². The predicted molar refractivity (Wildman–Crippen MR) is 105 cm³/mol. The SMILES string of the molecule is CC(C)N(C(=O)[C@@H](C)OC(=O)CCN=C1NS(=O)(=O)c2ccccc21)C(C)C. The van der Waals surface area contributed by atoms with Crippen LogP contribution in [0.15, 0.2) is 34.2 Å². The van der Waals surface area contributed by atoms with E-state index < -0.39 is 22.1 Å². The normalized spacial score (nSPS) is 17.3. The van der Waals surface area contributed by atoms with E-state index in [4.69, 9.17) is 4.74 Å². The van der Waals surface area contributed by atoms with Crippen LogP contribution >= 0.6 is 0 Å². The lowest BCUT2D eigenvalue weighted by atomic mass is 10.2. The first kappa shape index (κ1) is 21.9. The molecule has 2 rings (SSSR count). The number of hydrogen-bond acceptors (Lipinski definition) is 6. The van der Waals surface area contributed by atoms with Crippen LogP contribution in [0.3, 0.4) is 0 Å². The Morgan fingerprint density at radius 3 is 2.32 bits per heavy atom. The fraction of sp³-hybridized carbons (Fsp3) is 0.526. The van der Waals surface area contributed by atoms with E-state index in [-0.39, 0.29) is 41.7 Å². The molecule has 0 fully saturated rings. The smallest absolute Gasteiger partial charge is 0.308 e. The van der Waals surface area contributed by atoms with Gasteiger partial charge in [0.05, 0.1) is 17.9 Å². The molecule has 0 bridgehead atoms. The van der Waals surface area contributed by atoms with Gasteiger partial charge in [0.15, 0.2) is 6.10 Å². The van der Waals surface area contributed by atoms with E-state index >= 15 is 0 Å². The van der Waals surface area contributed by atoms with E-state index in [0.29, 0.717) is 5.56 Å². The number of carbonyl (C=O) groups excluding carboxylic acids is 2. The van der Waals surface area contributed by atoms with Crippen molar-refractivity contribution in [3.05, 3.63) is 29.8 Å². The number of amides is 1. The Hall–Kier alpha value is -2.42. The second-order valence-electron chi connectivity index (χ2n) is 7.15. The lowest BCUT2D eigenvalue weighted by molar-refractivity contribution is -0.160. The molecular formula is C19H27N3O5S. The predicted octanol–water partition coefficient (Wildman–Crippen LogP) is 1.69. The quantitative estimate of drug-likeness (QED) is 0.690. The summed E-state index contributed by atoms with van der Waals surface area (Å²) >= 11 is 0. The zero-order chi connectivity index (χ0) is 21.1. The molecule has 1 aliphatic rings. The summed E-state index contributed by atoms with van der Waals surface area (Å²) in [4.78, 5) is 30.6. The van der Waals surface area contributed by atoms with Crippen LogP contribution in [0.5, 0.6) is 0 Å². The van der Waals surface area contributed by atoms with Crippen LogP contribution in [0.1, 0.15) is 46.6 Å². The van der Waals surface area contributed by atoms with E-state index in [1.807, 2.05) is 27.7 Å². The fourth-order valence-electron chi connectivity index (χ4n) is 3.13. The van der Waals surface area contributed by atoms with Crippen molar-refractivity contribution in [1.82, 2.24) is 9.62 Å². The van der Waals surface area contributed by atoms with Crippen molar-refractivity contribution in [3.63, 3.8) is 0 Å². The molecule has 1 aliphatic heterocycles. The third-order valence-corrected chi connectivity index (χ3v) is 5.67. The molecule has 0 radical (unpaired) electrons. The molecule has 0 aromatic heterocycles. The number of benzene rings is 1. The number of aliphatic imine (C=N–C) groups is 1. The summed E-state index contributed by atoms with van der Waals surface area (Å²) in [5, 5.41) is 0. The van der Waals surface area contributed by atoms with Gasteiger partial charge in [-0.3, -0.25) is 19.3 Å². The zero-order valence-electron chi connectivity index (χ0n) is 16.8. The third kappa shape index (κ3) is 4.89. The highest BCUT2D eigenvalue weighted by atomic mass is 32.2. The topological polar surface area (TPSA) is 105 Å². The highest BCUT2D eigenvalue weighted by Crippen LogP contribution is 2.22. The average Bonchev–Trinajstić information content (AvgIpc) is 2.85. The first-order chi connectivity index (χ1) is 13.0. The largest absolute Gasteiger partial charge is 0.452 e. The Balaban J connectivity index is 1.95. The molecular weight excluding hydrogens is 382 g/mol. The van der Waals surface area contributed by atoms with E-state index in [9.17, 15) is 18.0 Å². The number of ether oxygens (including phenoxy) is 1. The molecule has 8 nitrogen and oxygen atoms in total. The van der Waals surface area contributed by atoms with Gasteiger partial charge in [-0.1, -0.05) is 12.1 Å². The molecule has 1 amide bonds. The number of nitrogens with one attached hydrogen (secondary N) is 1. The number of carbonyl (C=O) groups is 2. The molecule has 0 saturated heterocycles. The van der Waals surface area contributed by atoms with Crippen LogP contribution < -0.4 is 4.72 Å². The summed E-state index contributed by atoms with van der Waals surface area (Å²) in [6.45, 7) is 9.22. The van der Waals surface area contributed by atoms with Crippen molar-refractivity contribution in [2.24, 2.45) is 4.99 Å². The lowest BCUT2D eigenvalue weighted by Gasteiger charge is -2.32. The van der Waals surface area contributed by atoms with Gasteiger partial charge in [0, 0.05) is 17.6 Å². The van der Waals surface area contributed by atoms with Gasteiger partial charge in [0.25, 0.3) is 15.9 Å². The van der Waals surface area contributed by atoms with Crippen molar-refractivity contribution in [1.29, 1.82) is 0 Å². The van der Waals surface area contributed by atoms with Crippen molar-refractivity contribution < 1.29 is 22.7 Å². The van der Waals surface area contributed by atoms with Crippen LogP contribution in [-0.2, 0) is 24.3 Å². The second-order valence-corrected chi connectivity index (χ2v) is 8.80. The van der Waals surface area contributed by atoms with Crippen molar-refractivity contribution in [3.8, 4) is 0 Å². The molecule has 0 saturated carbocycles. The van der Waals surface area contributed by atoms with E-state index in [2.05, 4.69) is 9.71 Å². The van der Waals surface area contributed by atoms with Gasteiger partial charge < -0.3 is 9.64 Å². The first-order valence-corrected chi connectivity index (χ1v) is 10.7. The molecule has 154 valence electrons. The molecule has 1 heterocycles. The van der Waals surface area contributed by atoms with Crippen molar-refractivity contribution in [2.45, 2.75) is 64.1 Å². The van der Waals surface area contributed by atoms with Gasteiger partial charge in [-0.25, -0.2) is 8.42 Å². The zero-order valence-corrected chi connectivity index (χ0v) is 17.6. The minimum absolute atomic E-state index is 0.00416. The average molecular weight is 410 g/mol. The number of esters is 1. The summed E-state index contributed by atoms with van der Waals surface area (Å²) in [5.74, 6) is -0.604. The fourth-order valence-corrected chi connectivity index (χ4v) is 4.38. The highest BCUT2D eigenvalue weighted by molar-refractivity contribution is 7.90. The van der Waals surface area contributed by atoms with E-state index in [1.54, 1.807) is 30.0 Å². The van der Waals surface area contributed by atoms with E-state index in [1.165, 1.54) is 6.07 Å². The minimum Gasteiger partial charge on any atom is -0.452 e.